The first-order valence-electron chi connectivity index (χ1n) is 11.2. The zero-order valence-electron chi connectivity index (χ0n) is 19.8. The highest BCUT2D eigenvalue weighted by molar-refractivity contribution is 5.70. The van der Waals surface area contributed by atoms with Gasteiger partial charge in [0, 0.05) is 13.5 Å². The van der Waals surface area contributed by atoms with E-state index in [1.165, 1.54) is 5.57 Å². The van der Waals surface area contributed by atoms with Crippen molar-refractivity contribution in [3.8, 4) is 0 Å². The minimum absolute atomic E-state index is 0.0460. The summed E-state index contributed by atoms with van der Waals surface area (Å²) in [6.45, 7) is 8.28. The highest BCUT2D eigenvalue weighted by atomic mass is 16.5. The number of aliphatic hydroxyl groups is 1. The van der Waals surface area contributed by atoms with Gasteiger partial charge < -0.3 is 14.6 Å². The molecular formula is C27H40O4. The number of esters is 1. The van der Waals surface area contributed by atoms with Crippen LogP contribution in [0.15, 0.2) is 71.9 Å². The van der Waals surface area contributed by atoms with Crippen LogP contribution in [-0.4, -0.2) is 36.5 Å². The number of methoxy groups -OCH3 is 1. The van der Waals surface area contributed by atoms with Gasteiger partial charge in [0.05, 0.1) is 18.6 Å². The van der Waals surface area contributed by atoms with Gasteiger partial charge in [0.2, 0.25) is 0 Å². The molecule has 0 aromatic heterocycles. The third-order valence-electron chi connectivity index (χ3n) is 5.11. The molecule has 1 aliphatic heterocycles. The molecule has 0 fully saturated rings. The van der Waals surface area contributed by atoms with Crippen molar-refractivity contribution in [2.75, 3.05) is 7.11 Å². The summed E-state index contributed by atoms with van der Waals surface area (Å²) >= 11 is 0. The number of aliphatic hydroxyl groups excluding tert-OH is 1. The average molecular weight is 429 g/mol. The molecule has 0 saturated heterocycles. The molecule has 0 unspecified atom stereocenters. The van der Waals surface area contributed by atoms with Gasteiger partial charge in [-0.3, -0.25) is 4.79 Å². The lowest BCUT2D eigenvalue weighted by atomic mass is 9.99. The van der Waals surface area contributed by atoms with Gasteiger partial charge in [0.25, 0.3) is 0 Å². The molecule has 0 aliphatic carbocycles. The first kappa shape index (κ1) is 26.9. The lowest BCUT2D eigenvalue weighted by Crippen LogP contribution is -2.20. The van der Waals surface area contributed by atoms with E-state index in [-0.39, 0.29) is 18.6 Å². The summed E-state index contributed by atoms with van der Waals surface area (Å²) < 4.78 is 11.2. The lowest BCUT2D eigenvalue weighted by molar-refractivity contribution is -0.148. The van der Waals surface area contributed by atoms with Crippen LogP contribution in [0.2, 0.25) is 0 Å². The van der Waals surface area contributed by atoms with Crippen LogP contribution in [0.25, 0.3) is 0 Å². The summed E-state index contributed by atoms with van der Waals surface area (Å²) in [5.74, 6) is -0.00264. The first-order chi connectivity index (χ1) is 14.8. The molecule has 172 valence electrons. The number of hydrogen-bond acceptors (Lipinski definition) is 4. The fraction of sp³-hybridized carbons (Fsp3) is 0.519. The van der Waals surface area contributed by atoms with Crippen molar-refractivity contribution >= 4 is 5.97 Å². The van der Waals surface area contributed by atoms with E-state index in [1.54, 1.807) is 13.2 Å². The molecule has 1 N–H and O–H groups in total. The van der Waals surface area contributed by atoms with Crippen molar-refractivity contribution in [3.05, 3.63) is 71.9 Å². The molecule has 0 aromatic rings. The second-order valence-corrected chi connectivity index (χ2v) is 8.19. The highest BCUT2D eigenvalue weighted by Crippen LogP contribution is 2.17. The molecule has 1 aliphatic rings. The standard InChI is InChI=1S/C27H40O4/c1-6-7-13-22(3)19-25-16-11-9-8-10-14-21(2)18-23(4)26(30-5)17-12-15-24(28)20-27(29)31-25/h6-12,15,18-19,21,24-26,28H,13-14,16-17,20H2,1-5H3/b7-6+,10-8?,11-9?,15-12?,22-19-,23-18?/t21-,24+,25+,26-/m0/s1. The fourth-order valence-electron chi connectivity index (χ4n) is 3.41. The van der Waals surface area contributed by atoms with Gasteiger partial charge in [0.1, 0.15) is 6.10 Å². The molecule has 4 nitrogen and oxygen atoms in total. The quantitative estimate of drug-likeness (QED) is 0.440. The van der Waals surface area contributed by atoms with Gasteiger partial charge in [-0.25, -0.2) is 0 Å². The molecule has 4 heteroatoms. The van der Waals surface area contributed by atoms with Crippen LogP contribution in [0.4, 0.5) is 0 Å². The van der Waals surface area contributed by atoms with Crippen molar-refractivity contribution in [2.45, 2.75) is 78.1 Å². The van der Waals surface area contributed by atoms with Gasteiger partial charge in [-0.2, -0.15) is 0 Å². The number of allylic oxidation sites excluding steroid dienone is 7. The molecule has 4 atom stereocenters. The summed E-state index contributed by atoms with van der Waals surface area (Å²) in [6.07, 6.45) is 21.7. The van der Waals surface area contributed by atoms with Crippen LogP contribution in [0.1, 0.15) is 59.8 Å². The zero-order chi connectivity index (χ0) is 23.1. The highest BCUT2D eigenvalue weighted by Gasteiger charge is 2.15. The number of rotatable bonds is 4. The zero-order valence-corrected chi connectivity index (χ0v) is 19.8. The Bertz CT molecular complexity index is 709. The number of carbonyl (C=O) groups excluding carboxylic acids is 1. The van der Waals surface area contributed by atoms with Crippen molar-refractivity contribution < 1.29 is 19.4 Å². The molecule has 0 radical (unpaired) electrons. The molecule has 31 heavy (non-hydrogen) atoms. The Kier molecular flexibility index (Phi) is 13.5. The number of hydrogen-bond donors (Lipinski definition) is 1. The van der Waals surface area contributed by atoms with Crippen LogP contribution in [0.5, 0.6) is 0 Å². The maximum absolute atomic E-state index is 12.4. The summed E-state index contributed by atoms with van der Waals surface area (Å²) in [5.41, 5.74) is 2.31. The third-order valence-corrected chi connectivity index (χ3v) is 5.11. The van der Waals surface area contributed by atoms with Gasteiger partial charge in [0.15, 0.2) is 0 Å². The lowest BCUT2D eigenvalue weighted by Gasteiger charge is -2.17. The van der Waals surface area contributed by atoms with Crippen molar-refractivity contribution in [1.82, 2.24) is 0 Å². The van der Waals surface area contributed by atoms with E-state index in [2.05, 4.69) is 32.1 Å². The summed E-state index contributed by atoms with van der Waals surface area (Å²) in [4.78, 5) is 12.4. The van der Waals surface area contributed by atoms with Crippen LogP contribution < -0.4 is 0 Å². The Morgan fingerprint density at radius 1 is 1.23 bits per heavy atom. The van der Waals surface area contributed by atoms with E-state index in [0.29, 0.717) is 18.8 Å². The average Bonchev–Trinajstić information content (AvgIpc) is 2.71. The Morgan fingerprint density at radius 2 is 1.94 bits per heavy atom. The van der Waals surface area contributed by atoms with Crippen molar-refractivity contribution in [3.63, 3.8) is 0 Å². The Hall–Kier alpha value is -2.17. The Balaban J connectivity index is 3.01. The molecule has 0 spiro atoms. The second-order valence-electron chi connectivity index (χ2n) is 8.19. The van der Waals surface area contributed by atoms with Crippen LogP contribution in [0.3, 0.4) is 0 Å². The molecule has 0 bridgehead atoms. The number of carbonyl (C=O) groups is 1. The van der Waals surface area contributed by atoms with Gasteiger partial charge in [-0.15, -0.1) is 0 Å². The minimum Gasteiger partial charge on any atom is -0.458 e. The summed E-state index contributed by atoms with van der Waals surface area (Å²) in [5, 5.41) is 10.2. The minimum atomic E-state index is -0.876. The van der Waals surface area contributed by atoms with E-state index in [9.17, 15) is 9.90 Å². The largest absolute Gasteiger partial charge is 0.458 e. The van der Waals surface area contributed by atoms with Gasteiger partial charge >= 0.3 is 5.97 Å². The van der Waals surface area contributed by atoms with E-state index in [4.69, 9.17) is 9.47 Å². The van der Waals surface area contributed by atoms with Crippen molar-refractivity contribution in [2.24, 2.45) is 5.92 Å². The van der Waals surface area contributed by atoms with Crippen molar-refractivity contribution in [1.29, 1.82) is 0 Å². The third kappa shape index (κ3) is 12.3. The van der Waals surface area contributed by atoms with E-state index >= 15 is 0 Å². The topological polar surface area (TPSA) is 55.8 Å². The van der Waals surface area contributed by atoms with Crippen LogP contribution in [0, 0.1) is 5.92 Å². The fourth-order valence-corrected chi connectivity index (χ4v) is 3.41. The number of cyclic esters (lactones) is 1. The summed E-state index contributed by atoms with van der Waals surface area (Å²) in [7, 11) is 1.69. The maximum atomic E-state index is 12.4. The van der Waals surface area contributed by atoms with Gasteiger partial charge in [-0.05, 0) is 57.6 Å². The molecular weight excluding hydrogens is 388 g/mol. The van der Waals surface area contributed by atoms with Crippen LogP contribution >= 0.6 is 0 Å². The molecule has 0 saturated carbocycles. The normalized spacial score (nSPS) is 27.6. The van der Waals surface area contributed by atoms with Gasteiger partial charge in [-0.1, -0.05) is 67.2 Å². The van der Waals surface area contributed by atoms with Crippen LogP contribution in [-0.2, 0) is 14.3 Å². The molecule has 1 rings (SSSR count). The predicted molar refractivity (Wildman–Crippen MR) is 129 cm³/mol. The Morgan fingerprint density at radius 3 is 2.61 bits per heavy atom. The monoisotopic (exact) mass is 428 g/mol. The smallest absolute Gasteiger partial charge is 0.309 e. The van der Waals surface area contributed by atoms with E-state index in [1.807, 2.05) is 50.3 Å². The van der Waals surface area contributed by atoms with E-state index < -0.39 is 12.1 Å². The molecule has 1 heterocycles. The molecule has 0 aromatic carbocycles. The summed E-state index contributed by atoms with van der Waals surface area (Å²) in [6, 6.07) is 0. The maximum Gasteiger partial charge on any atom is 0.309 e. The van der Waals surface area contributed by atoms with E-state index in [0.717, 1.165) is 18.4 Å². The second kappa shape index (κ2) is 15.6. The number of ether oxygens (including phenoxy) is 2. The predicted octanol–water partition coefficient (Wildman–Crippen LogP) is 6.01. The molecule has 0 amide bonds. The Labute approximate surface area is 188 Å². The SMILES string of the molecule is C/C=C/C/C(C)=C\[C@H]1CC=CC=CC[C@H](C)C=C(C)[C@@H](OC)CC=C[C@@H](O)CC(=O)O1. The first-order valence-corrected chi connectivity index (χ1v) is 11.2.